The van der Waals surface area contributed by atoms with Gasteiger partial charge in [0.05, 0.1) is 17.5 Å². The first-order chi connectivity index (χ1) is 8.27. The van der Waals surface area contributed by atoms with Gasteiger partial charge in [-0.1, -0.05) is 17.7 Å². The van der Waals surface area contributed by atoms with Crippen molar-refractivity contribution in [2.75, 3.05) is 7.11 Å². The molecule has 0 amide bonds. The molecule has 3 N–H and O–H groups in total. The third-order valence-electron chi connectivity index (χ3n) is 2.91. The van der Waals surface area contributed by atoms with E-state index >= 15 is 0 Å². The molecule has 0 bridgehead atoms. The molecule has 1 unspecified atom stereocenters. The monoisotopic (exact) mass is 271 g/mol. The van der Waals surface area contributed by atoms with Crippen molar-refractivity contribution >= 4 is 17.6 Å². The number of ether oxygens (including phenoxy) is 1. The first-order valence-corrected chi connectivity index (χ1v) is 5.98. The minimum Gasteiger partial charge on any atom is -0.495 e. The molecule has 0 saturated carbocycles. The molecule has 0 fully saturated rings. The Kier molecular flexibility index (Phi) is 4.59. The van der Waals surface area contributed by atoms with Crippen LogP contribution >= 0.6 is 11.6 Å². The number of aliphatic carboxylic acids is 1. The van der Waals surface area contributed by atoms with E-state index in [1.54, 1.807) is 32.0 Å². The molecule has 0 aromatic heterocycles. The lowest BCUT2D eigenvalue weighted by atomic mass is 9.84. The minimum absolute atomic E-state index is 0.338. The summed E-state index contributed by atoms with van der Waals surface area (Å²) in [6.07, 6.45) is 0.338. The van der Waals surface area contributed by atoms with Crippen molar-refractivity contribution < 1.29 is 14.6 Å². The molecule has 0 aliphatic rings. The summed E-state index contributed by atoms with van der Waals surface area (Å²) in [5, 5.41) is 9.54. The summed E-state index contributed by atoms with van der Waals surface area (Å²) in [7, 11) is 1.54. The van der Waals surface area contributed by atoms with Gasteiger partial charge in [0.15, 0.2) is 0 Å². The third kappa shape index (κ3) is 3.37. The molecule has 0 saturated heterocycles. The summed E-state index contributed by atoms with van der Waals surface area (Å²) in [4.78, 5) is 11.1. The molecule has 4 nitrogen and oxygen atoms in total. The van der Waals surface area contributed by atoms with Crippen LogP contribution in [0.2, 0.25) is 5.02 Å². The average Bonchev–Trinajstić information content (AvgIpc) is 2.28. The van der Waals surface area contributed by atoms with Crippen LogP contribution in [-0.2, 0) is 4.79 Å². The fraction of sp³-hybridized carbons (Fsp3) is 0.462. The van der Waals surface area contributed by atoms with Gasteiger partial charge in [0.2, 0.25) is 0 Å². The first kappa shape index (κ1) is 14.8. The lowest BCUT2D eigenvalue weighted by molar-refractivity contribution is -0.147. The maximum atomic E-state index is 11.1. The van der Waals surface area contributed by atoms with Crippen LogP contribution in [0.15, 0.2) is 18.2 Å². The fourth-order valence-electron chi connectivity index (χ4n) is 1.67. The Hall–Kier alpha value is -1.26. The van der Waals surface area contributed by atoms with Crippen molar-refractivity contribution in [3.63, 3.8) is 0 Å². The van der Waals surface area contributed by atoms with Crippen LogP contribution < -0.4 is 10.5 Å². The third-order valence-corrected chi connectivity index (χ3v) is 3.21. The molecule has 1 aromatic rings. The molecule has 0 heterocycles. The summed E-state index contributed by atoms with van der Waals surface area (Å²) in [6, 6.07) is 4.86. The van der Waals surface area contributed by atoms with E-state index < -0.39 is 11.4 Å². The number of hydrogen-bond acceptors (Lipinski definition) is 3. The summed E-state index contributed by atoms with van der Waals surface area (Å²) < 4.78 is 5.05. The van der Waals surface area contributed by atoms with E-state index in [-0.39, 0.29) is 6.04 Å². The van der Waals surface area contributed by atoms with Gasteiger partial charge in [-0.3, -0.25) is 4.79 Å². The number of rotatable bonds is 5. The van der Waals surface area contributed by atoms with Gasteiger partial charge in [-0.05, 0) is 38.0 Å². The second-order valence-electron chi connectivity index (χ2n) is 4.89. The van der Waals surface area contributed by atoms with E-state index in [0.717, 1.165) is 5.56 Å². The van der Waals surface area contributed by atoms with Gasteiger partial charge in [-0.2, -0.15) is 0 Å². The summed E-state index contributed by atoms with van der Waals surface area (Å²) in [5.74, 6) is -0.289. The number of carboxylic acids is 1. The highest BCUT2D eigenvalue weighted by molar-refractivity contribution is 6.32. The van der Waals surface area contributed by atoms with E-state index in [0.29, 0.717) is 17.2 Å². The topological polar surface area (TPSA) is 72.5 Å². The van der Waals surface area contributed by atoms with E-state index in [1.165, 1.54) is 7.11 Å². The molecule has 100 valence electrons. The maximum absolute atomic E-state index is 11.1. The van der Waals surface area contributed by atoms with Crippen LogP contribution in [0, 0.1) is 5.41 Å². The number of nitrogens with two attached hydrogens (primary N) is 1. The summed E-state index contributed by atoms with van der Waals surface area (Å²) in [5.41, 5.74) is 5.95. The number of benzene rings is 1. The summed E-state index contributed by atoms with van der Waals surface area (Å²) >= 11 is 6.01. The van der Waals surface area contributed by atoms with Crippen molar-refractivity contribution in [2.24, 2.45) is 11.1 Å². The lowest BCUT2D eigenvalue weighted by Crippen LogP contribution is -2.28. The van der Waals surface area contributed by atoms with Crippen LogP contribution in [0.25, 0.3) is 0 Å². The van der Waals surface area contributed by atoms with Crippen molar-refractivity contribution in [2.45, 2.75) is 26.3 Å². The van der Waals surface area contributed by atoms with Gasteiger partial charge >= 0.3 is 5.97 Å². The van der Waals surface area contributed by atoms with Crippen LogP contribution in [-0.4, -0.2) is 18.2 Å². The van der Waals surface area contributed by atoms with Crippen LogP contribution in [0.1, 0.15) is 31.9 Å². The normalized spacial score (nSPS) is 13.2. The molecule has 1 rings (SSSR count). The molecule has 5 heteroatoms. The number of carboxylic acid groups (broad SMARTS) is 1. The second kappa shape index (κ2) is 5.59. The zero-order valence-electron chi connectivity index (χ0n) is 10.7. The Balaban J connectivity index is 2.88. The Morgan fingerprint density at radius 3 is 2.61 bits per heavy atom. The van der Waals surface area contributed by atoms with Crippen LogP contribution in [0.4, 0.5) is 0 Å². The Bertz CT molecular complexity index is 446. The lowest BCUT2D eigenvalue weighted by Gasteiger charge is -2.23. The van der Waals surface area contributed by atoms with Gasteiger partial charge in [-0.15, -0.1) is 0 Å². The largest absolute Gasteiger partial charge is 0.495 e. The summed E-state index contributed by atoms with van der Waals surface area (Å²) in [6.45, 7) is 3.31. The van der Waals surface area contributed by atoms with Crippen molar-refractivity contribution in [1.82, 2.24) is 0 Å². The number of carbonyl (C=O) groups is 1. The average molecular weight is 272 g/mol. The zero-order chi connectivity index (χ0) is 13.9. The standard InChI is InChI=1S/C13H18ClNO3/c1-13(2,12(16)17)7-10(15)8-4-5-11(18-3)9(14)6-8/h4-6,10H,7,15H2,1-3H3,(H,16,17). The predicted octanol–water partition coefficient (Wildman–Crippen LogP) is 2.85. The van der Waals surface area contributed by atoms with Crippen LogP contribution in [0.5, 0.6) is 5.75 Å². The first-order valence-electron chi connectivity index (χ1n) is 5.60. The Morgan fingerprint density at radius 2 is 2.17 bits per heavy atom. The van der Waals surface area contributed by atoms with E-state index in [4.69, 9.17) is 27.2 Å². The van der Waals surface area contributed by atoms with Gasteiger partial charge in [0, 0.05) is 6.04 Å². The quantitative estimate of drug-likeness (QED) is 0.864. The number of halogens is 1. The smallest absolute Gasteiger partial charge is 0.309 e. The molecule has 0 spiro atoms. The zero-order valence-corrected chi connectivity index (χ0v) is 11.5. The Labute approximate surface area is 112 Å². The van der Waals surface area contributed by atoms with E-state index in [2.05, 4.69) is 0 Å². The van der Waals surface area contributed by atoms with E-state index in [9.17, 15) is 4.79 Å². The molecular weight excluding hydrogens is 254 g/mol. The highest BCUT2D eigenvalue weighted by Crippen LogP contribution is 2.32. The number of hydrogen-bond donors (Lipinski definition) is 2. The molecule has 0 aliphatic heterocycles. The molecular formula is C13H18ClNO3. The van der Waals surface area contributed by atoms with Crippen molar-refractivity contribution in [3.8, 4) is 5.75 Å². The highest BCUT2D eigenvalue weighted by atomic mass is 35.5. The minimum atomic E-state index is -0.869. The molecule has 0 aliphatic carbocycles. The SMILES string of the molecule is COc1ccc(C(N)CC(C)(C)C(=O)O)cc1Cl. The number of methoxy groups -OCH3 is 1. The van der Waals surface area contributed by atoms with Gasteiger partial charge in [0.25, 0.3) is 0 Å². The van der Waals surface area contributed by atoms with Crippen LogP contribution in [0.3, 0.4) is 0 Å². The van der Waals surface area contributed by atoms with Crippen molar-refractivity contribution in [3.05, 3.63) is 28.8 Å². The van der Waals surface area contributed by atoms with Gasteiger partial charge in [0.1, 0.15) is 5.75 Å². The fourth-order valence-corrected chi connectivity index (χ4v) is 1.93. The Morgan fingerprint density at radius 1 is 1.56 bits per heavy atom. The maximum Gasteiger partial charge on any atom is 0.309 e. The molecule has 18 heavy (non-hydrogen) atoms. The highest BCUT2D eigenvalue weighted by Gasteiger charge is 2.30. The van der Waals surface area contributed by atoms with Gasteiger partial charge in [-0.25, -0.2) is 0 Å². The predicted molar refractivity (Wildman–Crippen MR) is 71.0 cm³/mol. The molecule has 1 atom stereocenters. The van der Waals surface area contributed by atoms with E-state index in [1.807, 2.05) is 0 Å². The molecule has 1 aromatic carbocycles. The van der Waals surface area contributed by atoms with Crippen molar-refractivity contribution in [1.29, 1.82) is 0 Å². The second-order valence-corrected chi connectivity index (χ2v) is 5.30. The molecule has 0 radical (unpaired) electrons. The van der Waals surface area contributed by atoms with Gasteiger partial charge < -0.3 is 15.6 Å².